The number of carbonyl (C=O) groups excluding carboxylic acids is 1. The lowest BCUT2D eigenvalue weighted by atomic mass is 10.1. The van der Waals surface area contributed by atoms with Crippen LogP contribution in [0.5, 0.6) is 0 Å². The fourth-order valence-electron chi connectivity index (χ4n) is 3.16. The Morgan fingerprint density at radius 3 is 2.86 bits per heavy atom. The molecule has 0 radical (unpaired) electrons. The van der Waals surface area contributed by atoms with E-state index in [-0.39, 0.29) is 5.91 Å². The highest BCUT2D eigenvalue weighted by Gasteiger charge is 2.22. The van der Waals surface area contributed by atoms with Gasteiger partial charge in [0.1, 0.15) is 5.82 Å². The van der Waals surface area contributed by atoms with Crippen LogP contribution in [0.2, 0.25) is 0 Å². The smallest absolute Gasteiger partial charge is 0.251 e. The van der Waals surface area contributed by atoms with Gasteiger partial charge in [-0.05, 0) is 43.4 Å². The Hall–Kier alpha value is -2.12. The van der Waals surface area contributed by atoms with Crippen LogP contribution in [-0.2, 0) is 10.5 Å². The lowest BCUT2D eigenvalue weighted by molar-refractivity contribution is 0.0951. The number of thioether (sulfide) groups is 1. The molecule has 148 valence electrons. The van der Waals surface area contributed by atoms with Gasteiger partial charge in [0, 0.05) is 42.7 Å². The molecule has 2 aromatic rings. The van der Waals surface area contributed by atoms with Gasteiger partial charge >= 0.3 is 0 Å². The van der Waals surface area contributed by atoms with Crippen molar-refractivity contribution in [2.75, 3.05) is 37.7 Å². The van der Waals surface area contributed by atoms with Crippen molar-refractivity contribution < 1.29 is 9.53 Å². The maximum absolute atomic E-state index is 12.3. The maximum atomic E-state index is 12.3. The average Bonchev–Trinajstić information content (AvgIpc) is 3.55. The summed E-state index contributed by atoms with van der Waals surface area (Å²) in [6, 6.07) is 9.85. The number of anilines is 1. The van der Waals surface area contributed by atoms with Crippen LogP contribution in [0.15, 0.2) is 35.5 Å². The number of aromatic nitrogens is 2. The Bertz CT molecular complexity index is 835. The molecule has 1 aromatic heterocycles. The molecule has 1 aliphatic heterocycles. The summed E-state index contributed by atoms with van der Waals surface area (Å²) in [4.78, 5) is 23.9. The molecule has 1 saturated carbocycles. The minimum absolute atomic E-state index is 0.0140. The lowest BCUT2D eigenvalue weighted by Crippen LogP contribution is -2.36. The lowest BCUT2D eigenvalue weighted by Gasteiger charge is -2.28. The Labute approximate surface area is 170 Å². The molecule has 0 atom stereocenters. The number of nitrogens with zero attached hydrogens (tertiary/aromatic N) is 3. The van der Waals surface area contributed by atoms with Crippen LogP contribution >= 0.6 is 11.8 Å². The second-order valence-electron chi connectivity index (χ2n) is 7.39. The van der Waals surface area contributed by atoms with Gasteiger partial charge in [-0.25, -0.2) is 9.97 Å². The summed E-state index contributed by atoms with van der Waals surface area (Å²) >= 11 is 1.60. The van der Waals surface area contributed by atoms with Crippen molar-refractivity contribution in [3.8, 4) is 0 Å². The van der Waals surface area contributed by atoms with Gasteiger partial charge < -0.3 is 15.0 Å². The number of aryl methyl sites for hydroxylation is 1. The molecule has 0 bridgehead atoms. The summed E-state index contributed by atoms with van der Waals surface area (Å²) in [5.74, 6) is 2.39. The van der Waals surface area contributed by atoms with Crippen molar-refractivity contribution in [3.63, 3.8) is 0 Å². The molecule has 2 aliphatic rings. The number of nitrogens with one attached hydrogen (secondary N) is 1. The maximum Gasteiger partial charge on any atom is 0.251 e. The van der Waals surface area contributed by atoms with Crippen LogP contribution in [-0.4, -0.2) is 48.7 Å². The monoisotopic (exact) mass is 398 g/mol. The van der Waals surface area contributed by atoms with E-state index in [2.05, 4.69) is 15.2 Å². The summed E-state index contributed by atoms with van der Waals surface area (Å²) in [6.45, 7) is 5.99. The minimum Gasteiger partial charge on any atom is -0.378 e. The topological polar surface area (TPSA) is 67.3 Å². The number of amides is 1. The van der Waals surface area contributed by atoms with E-state index in [0.29, 0.717) is 5.92 Å². The molecule has 1 aliphatic carbocycles. The fourth-order valence-corrected chi connectivity index (χ4v) is 4.00. The Morgan fingerprint density at radius 1 is 1.25 bits per heavy atom. The van der Waals surface area contributed by atoms with Crippen LogP contribution in [0, 0.1) is 12.8 Å². The van der Waals surface area contributed by atoms with E-state index in [1.165, 1.54) is 12.8 Å². The summed E-state index contributed by atoms with van der Waals surface area (Å²) in [5, 5.41) is 3.80. The zero-order chi connectivity index (χ0) is 19.3. The second-order valence-corrected chi connectivity index (χ2v) is 8.33. The highest BCUT2D eigenvalue weighted by atomic mass is 32.2. The van der Waals surface area contributed by atoms with E-state index in [4.69, 9.17) is 9.72 Å². The summed E-state index contributed by atoms with van der Waals surface area (Å²) in [7, 11) is 0. The van der Waals surface area contributed by atoms with Crippen molar-refractivity contribution in [2.45, 2.75) is 30.7 Å². The normalized spacial score (nSPS) is 16.8. The van der Waals surface area contributed by atoms with Gasteiger partial charge in [0.15, 0.2) is 5.16 Å². The van der Waals surface area contributed by atoms with Crippen LogP contribution in [0.1, 0.15) is 34.5 Å². The second kappa shape index (κ2) is 8.92. The minimum atomic E-state index is 0.0140. The third-order valence-corrected chi connectivity index (χ3v) is 5.88. The first-order valence-electron chi connectivity index (χ1n) is 9.86. The van der Waals surface area contributed by atoms with Crippen molar-refractivity contribution in [3.05, 3.63) is 47.2 Å². The number of hydrogen-bond donors (Lipinski definition) is 1. The number of carbonyl (C=O) groups is 1. The van der Waals surface area contributed by atoms with Crippen molar-refractivity contribution in [1.29, 1.82) is 0 Å². The first kappa shape index (κ1) is 19.2. The van der Waals surface area contributed by atoms with Crippen LogP contribution in [0.25, 0.3) is 0 Å². The van der Waals surface area contributed by atoms with Gasteiger partial charge in [-0.2, -0.15) is 0 Å². The molecule has 28 heavy (non-hydrogen) atoms. The molecule has 6 nitrogen and oxygen atoms in total. The molecular formula is C21H26N4O2S. The quantitative estimate of drug-likeness (QED) is 0.571. The van der Waals surface area contributed by atoms with Crippen molar-refractivity contribution in [1.82, 2.24) is 15.3 Å². The van der Waals surface area contributed by atoms with E-state index < -0.39 is 0 Å². The number of benzene rings is 1. The summed E-state index contributed by atoms with van der Waals surface area (Å²) in [6.07, 6.45) is 2.47. The highest BCUT2D eigenvalue weighted by Crippen LogP contribution is 2.28. The largest absolute Gasteiger partial charge is 0.378 e. The van der Waals surface area contributed by atoms with Gasteiger partial charge in [0.25, 0.3) is 5.91 Å². The van der Waals surface area contributed by atoms with Crippen LogP contribution < -0.4 is 10.2 Å². The Kier molecular flexibility index (Phi) is 6.12. The third kappa shape index (κ3) is 5.23. The van der Waals surface area contributed by atoms with Gasteiger partial charge in [0.05, 0.1) is 13.2 Å². The van der Waals surface area contributed by atoms with Crippen molar-refractivity contribution in [2.24, 2.45) is 5.92 Å². The number of morpholine rings is 1. The molecule has 1 N–H and O–H groups in total. The third-order valence-electron chi connectivity index (χ3n) is 4.96. The van der Waals surface area contributed by atoms with E-state index in [9.17, 15) is 4.79 Å². The van der Waals surface area contributed by atoms with Gasteiger partial charge in [-0.3, -0.25) is 4.79 Å². The molecule has 1 amide bonds. The summed E-state index contributed by atoms with van der Waals surface area (Å²) < 4.78 is 5.43. The predicted octanol–water partition coefficient (Wildman–Crippen LogP) is 3.05. The highest BCUT2D eigenvalue weighted by molar-refractivity contribution is 7.98. The first-order valence-corrected chi connectivity index (χ1v) is 10.8. The molecule has 1 saturated heterocycles. The Morgan fingerprint density at radius 2 is 2.07 bits per heavy atom. The van der Waals surface area contributed by atoms with E-state index >= 15 is 0 Å². The van der Waals surface area contributed by atoms with Gasteiger partial charge in [-0.15, -0.1) is 0 Å². The average molecular weight is 399 g/mol. The first-order chi connectivity index (χ1) is 13.7. The SMILES string of the molecule is Cc1cc(N2CCOCC2)nc(SCc2cccc(C(=O)NCC3CC3)c2)n1. The molecule has 4 rings (SSSR count). The van der Waals surface area contributed by atoms with Gasteiger partial charge in [-0.1, -0.05) is 23.9 Å². The number of rotatable bonds is 7. The molecule has 0 unspecified atom stereocenters. The van der Waals surface area contributed by atoms with Crippen LogP contribution in [0.3, 0.4) is 0 Å². The van der Waals surface area contributed by atoms with Crippen molar-refractivity contribution >= 4 is 23.5 Å². The van der Waals surface area contributed by atoms with E-state index in [1.807, 2.05) is 37.3 Å². The number of ether oxygens (including phenoxy) is 1. The molecular weight excluding hydrogens is 372 g/mol. The molecule has 0 spiro atoms. The van der Waals surface area contributed by atoms with E-state index in [1.54, 1.807) is 11.8 Å². The predicted molar refractivity (Wildman–Crippen MR) is 111 cm³/mol. The molecule has 2 fully saturated rings. The standard InChI is InChI=1S/C21H26N4O2S/c1-15-11-19(25-7-9-27-10-8-25)24-21(23-15)28-14-17-3-2-4-18(12-17)20(26)22-13-16-5-6-16/h2-4,11-12,16H,5-10,13-14H2,1H3,(H,22,26). The van der Waals surface area contributed by atoms with E-state index in [0.717, 1.165) is 66.4 Å². The van der Waals surface area contributed by atoms with Gasteiger partial charge in [0.2, 0.25) is 0 Å². The zero-order valence-electron chi connectivity index (χ0n) is 16.2. The fraction of sp³-hybridized carbons (Fsp3) is 0.476. The molecule has 1 aromatic carbocycles. The molecule has 2 heterocycles. The molecule has 7 heteroatoms. The number of hydrogen-bond acceptors (Lipinski definition) is 6. The zero-order valence-corrected chi connectivity index (χ0v) is 17.0. The Balaban J connectivity index is 1.39. The van der Waals surface area contributed by atoms with Crippen LogP contribution in [0.4, 0.5) is 5.82 Å². The summed E-state index contributed by atoms with van der Waals surface area (Å²) in [5.41, 5.74) is 2.78.